The third-order valence-electron chi connectivity index (χ3n) is 1.22. The minimum absolute atomic E-state index is 0.319. The molecule has 0 bridgehead atoms. The first-order valence-electron chi connectivity index (χ1n) is 2.74. The van der Waals surface area contributed by atoms with E-state index < -0.39 is 7.59 Å². The summed E-state index contributed by atoms with van der Waals surface area (Å²) in [6.45, 7) is 1.30. The fourth-order valence-electron chi connectivity index (χ4n) is 0.359. The molecule has 0 aliphatic heterocycles. The van der Waals surface area contributed by atoms with E-state index in [2.05, 4.69) is 5.09 Å². The van der Waals surface area contributed by atoms with Crippen molar-refractivity contribution >= 4 is 13.5 Å². The molecule has 1 atom stereocenters. The highest BCUT2D eigenvalue weighted by atomic mass is 31.2. The maximum absolute atomic E-state index is 11.1. The SMILES string of the molecule is CNP(N)(=O)N(C)C(C)=O. The molecule has 0 aliphatic rings. The van der Waals surface area contributed by atoms with Crippen molar-refractivity contribution in [1.82, 2.24) is 9.76 Å². The minimum Gasteiger partial charge on any atom is -0.275 e. The molecule has 5 nitrogen and oxygen atoms in total. The molecule has 0 aromatic rings. The quantitative estimate of drug-likeness (QED) is 0.553. The van der Waals surface area contributed by atoms with E-state index in [1.165, 1.54) is 21.0 Å². The molecule has 10 heavy (non-hydrogen) atoms. The summed E-state index contributed by atoms with van der Waals surface area (Å²) in [5, 5.41) is 2.36. The molecule has 0 heterocycles. The smallest absolute Gasteiger partial charge is 0.275 e. The Hall–Kier alpha value is -0.380. The summed E-state index contributed by atoms with van der Waals surface area (Å²) < 4.78 is 12.1. The fourth-order valence-corrected chi connectivity index (χ4v) is 1.08. The van der Waals surface area contributed by atoms with Gasteiger partial charge in [0.25, 0.3) is 0 Å². The predicted molar refractivity (Wildman–Crippen MR) is 39.3 cm³/mol. The normalized spacial score (nSPS) is 16.0. The lowest BCUT2D eigenvalue weighted by Gasteiger charge is -2.21. The van der Waals surface area contributed by atoms with Gasteiger partial charge in [-0.3, -0.25) is 19.5 Å². The molecule has 3 N–H and O–H groups in total. The van der Waals surface area contributed by atoms with Crippen LogP contribution >= 0.6 is 7.59 Å². The van der Waals surface area contributed by atoms with E-state index in [1.54, 1.807) is 0 Å². The van der Waals surface area contributed by atoms with E-state index in [-0.39, 0.29) is 5.91 Å². The van der Waals surface area contributed by atoms with Crippen LogP contribution in [-0.4, -0.2) is 24.7 Å². The maximum atomic E-state index is 11.1. The summed E-state index contributed by atoms with van der Waals surface area (Å²) in [4.78, 5) is 10.6. The van der Waals surface area contributed by atoms with Crippen molar-refractivity contribution in [3.05, 3.63) is 0 Å². The van der Waals surface area contributed by atoms with Crippen LogP contribution in [0.5, 0.6) is 0 Å². The third-order valence-corrected chi connectivity index (χ3v) is 3.04. The van der Waals surface area contributed by atoms with Crippen molar-refractivity contribution in [1.29, 1.82) is 0 Å². The zero-order valence-corrected chi connectivity index (χ0v) is 7.18. The number of rotatable bonds is 2. The number of carbonyl (C=O) groups excluding carboxylic acids is 1. The van der Waals surface area contributed by atoms with Gasteiger partial charge in [-0.1, -0.05) is 0 Å². The van der Waals surface area contributed by atoms with Gasteiger partial charge in [0, 0.05) is 14.0 Å². The van der Waals surface area contributed by atoms with Crippen LogP contribution in [0.1, 0.15) is 6.92 Å². The molecular formula is C4H12N3O2P. The van der Waals surface area contributed by atoms with Gasteiger partial charge in [-0.2, -0.15) is 0 Å². The summed E-state index contributed by atoms with van der Waals surface area (Å²) in [7, 11) is -0.254. The molecular weight excluding hydrogens is 153 g/mol. The molecule has 1 amide bonds. The largest absolute Gasteiger partial charge is 0.304 e. The van der Waals surface area contributed by atoms with Crippen molar-refractivity contribution in [3.63, 3.8) is 0 Å². The van der Waals surface area contributed by atoms with Gasteiger partial charge in [-0.05, 0) is 7.05 Å². The second-order valence-electron chi connectivity index (χ2n) is 1.89. The Kier molecular flexibility index (Phi) is 3.02. The molecule has 0 rings (SSSR count). The monoisotopic (exact) mass is 165 g/mol. The van der Waals surface area contributed by atoms with Crippen LogP contribution in [0, 0.1) is 0 Å². The summed E-state index contributed by atoms with van der Waals surface area (Å²) in [6.07, 6.45) is 0. The van der Waals surface area contributed by atoms with E-state index in [0.717, 1.165) is 4.67 Å². The van der Waals surface area contributed by atoms with Crippen LogP contribution in [0.4, 0.5) is 0 Å². The van der Waals surface area contributed by atoms with Gasteiger partial charge in [0.2, 0.25) is 5.91 Å². The molecule has 1 unspecified atom stereocenters. The Bertz CT molecular complexity index is 181. The summed E-state index contributed by atoms with van der Waals surface area (Å²) in [5.74, 6) is -0.319. The molecule has 0 fully saturated rings. The Morgan fingerprint density at radius 3 is 2.20 bits per heavy atom. The Balaban J connectivity index is 4.33. The Labute approximate surface area is 60.1 Å². The molecule has 6 heteroatoms. The highest BCUT2D eigenvalue weighted by molar-refractivity contribution is 7.57. The van der Waals surface area contributed by atoms with Crippen molar-refractivity contribution in [2.45, 2.75) is 6.92 Å². The molecule has 0 saturated heterocycles. The van der Waals surface area contributed by atoms with Crippen LogP contribution in [0.2, 0.25) is 0 Å². The highest BCUT2D eigenvalue weighted by Crippen LogP contribution is 2.33. The summed E-state index contributed by atoms with van der Waals surface area (Å²) in [6, 6.07) is 0. The Morgan fingerprint density at radius 1 is 1.70 bits per heavy atom. The average molecular weight is 165 g/mol. The van der Waals surface area contributed by atoms with Crippen LogP contribution in [0.3, 0.4) is 0 Å². The number of nitrogens with one attached hydrogen (secondary N) is 1. The molecule has 0 aromatic heterocycles. The fraction of sp³-hybridized carbons (Fsp3) is 0.750. The molecule has 60 valence electrons. The van der Waals surface area contributed by atoms with Gasteiger partial charge >= 0.3 is 7.59 Å². The molecule has 0 radical (unpaired) electrons. The standard InChI is InChI=1S/C4H12N3O2P/c1-4(8)7(3)10(5,9)6-2/h1-3H3,(H3,5,6,9). The predicted octanol–water partition coefficient (Wildman–Crippen LogP) is -0.249. The van der Waals surface area contributed by atoms with Crippen LogP contribution < -0.4 is 10.6 Å². The maximum Gasteiger partial charge on any atom is 0.304 e. The number of hydrogen-bond donors (Lipinski definition) is 2. The van der Waals surface area contributed by atoms with E-state index in [0.29, 0.717) is 0 Å². The van der Waals surface area contributed by atoms with Crippen LogP contribution in [0.15, 0.2) is 0 Å². The third kappa shape index (κ3) is 2.10. The number of carbonyl (C=O) groups is 1. The summed E-state index contributed by atoms with van der Waals surface area (Å²) in [5.41, 5.74) is 5.21. The summed E-state index contributed by atoms with van der Waals surface area (Å²) >= 11 is 0. The van der Waals surface area contributed by atoms with Gasteiger partial charge in [-0.15, -0.1) is 0 Å². The van der Waals surface area contributed by atoms with Gasteiger partial charge in [0.1, 0.15) is 0 Å². The molecule has 0 saturated carbocycles. The van der Waals surface area contributed by atoms with Gasteiger partial charge in [0.05, 0.1) is 0 Å². The number of hydrogen-bond acceptors (Lipinski definition) is 2. The van der Waals surface area contributed by atoms with E-state index in [4.69, 9.17) is 5.50 Å². The lowest BCUT2D eigenvalue weighted by molar-refractivity contribution is -0.123. The first-order chi connectivity index (χ1) is 4.41. The van der Waals surface area contributed by atoms with Gasteiger partial charge in [-0.25, -0.2) is 5.09 Å². The lowest BCUT2D eigenvalue weighted by Crippen LogP contribution is -2.30. The van der Waals surface area contributed by atoms with Crippen molar-refractivity contribution in [2.24, 2.45) is 5.50 Å². The van der Waals surface area contributed by atoms with Crippen molar-refractivity contribution in [3.8, 4) is 0 Å². The van der Waals surface area contributed by atoms with Gasteiger partial charge in [0.15, 0.2) is 0 Å². The van der Waals surface area contributed by atoms with Crippen molar-refractivity contribution < 1.29 is 9.36 Å². The Morgan fingerprint density at radius 2 is 2.10 bits per heavy atom. The lowest BCUT2D eigenvalue weighted by atomic mass is 10.7. The zero-order valence-electron chi connectivity index (χ0n) is 6.29. The number of nitrogens with zero attached hydrogens (tertiary/aromatic N) is 1. The first-order valence-corrected chi connectivity index (χ1v) is 4.47. The van der Waals surface area contributed by atoms with E-state index in [1.807, 2.05) is 0 Å². The van der Waals surface area contributed by atoms with E-state index in [9.17, 15) is 9.36 Å². The number of nitrogens with two attached hydrogens (primary N) is 1. The second kappa shape index (κ2) is 3.14. The first kappa shape index (κ1) is 9.62. The van der Waals surface area contributed by atoms with Crippen LogP contribution in [-0.2, 0) is 9.36 Å². The average Bonchev–Trinajstić information content (AvgIpc) is 1.86. The second-order valence-corrected chi connectivity index (χ2v) is 4.18. The van der Waals surface area contributed by atoms with Gasteiger partial charge < -0.3 is 0 Å². The minimum atomic E-state index is -3.09. The highest BCUT2D eigenvalue weighted by Gasteiger charge is 2.21. The molecule has 0 aliphatic carbocycles. The number of amides is 1. The van der Waals surface area contributed by atoms with E-state index >= 15 is 0 Å². The molecule has 0 aromatic carbocycles. The zero-order chi connectivity index (χ0) is 8.36. The topological polar surface area (TPSA) is 75.4 Å². The van der Waals surface area contributed by atoms with Crippen molar-refractivity contribution in [2.75, 3.05) is 14.1 Å². The van der Waals surface area contributed by atoms with Crippen LogP contribution in [0.25, 0.3) is 0 Å². The molecule has 0 spiro atoms.